The lowest BCUT2D eigenvalue weighted by Gasteiger charge is -2.12. The molecule has 0 spiro atoms. The molecule has 138 valence electrons. The third kappa shape index (κ3) is 5.93. The van der Waals surface area contributed by atoms with Crippen molar-refractivity contribution in [2.24, 2.45) is 0 Å². The molecule has 0 aromatic heterocycles. The van der Waals surface area contributed by atoms with Crippen molar-refractivity contribution in [1.29, 1.82) is 0 Å². The van der Waals surface area contributed by atoms with Crippen LogP contribution >= 0.6 is 0 Å². The van der Waals surface area contributed by atoms with Gasteiger partial charge in [-0.05, 0) is 24.6 Å². The zero-order valence-corrected chi connectivity index (χ0v) is 13.7. The Kier molecular flexibility index (Phi) is 5.55. The monoisotopic (exact) mass is 379 g/mol. The van der Waals surface area contributed by atoms with Crippen molar-refractivity contribution in [3.05, 3.63) is 29.8 Å². The average molecular weight is 379 g/mol. The molecule has 0 radical (unpaired) electrons. The minimum absolute atomic E-state index is 0.00597. The molecule has 3 amide bonds. The number of hydrogen-bond donors (Lipinski definition) is 3. The van der Waals surface area contributed by atoms with Crippen LogP contribution in [-0.2, 0) is 20.8 Å². The van der Waals surface area contributed by atoms with E-state index in [1.807, 2.05) is 0 Å². The van der Waals surface area contributed by atoms with Crippen molar-refractivity contribution in [2.45, 2.75) is 18.6 Å². The molecule has 11 heteroatoms. The zero-order valence-electron chi connectivity index (χ0n) is 12.9. The van der Waals surface area contributed by atoms with Crippen LogP contribution < -0.4 is 16.0 Å². The number of benzene rings is 1. The summed E-state index contributed by atoms with van der Waals surface area (Å²) in [6, 6.07) is 2.85. The van der Waals surface area contributed by atoms with Crippen LogP contribution in [0.3, 0.4) is 0 Å². The summed E-state index contributed by atoms with van der Waals surface area (Å²) in [7, 11) is -3.14. The fourth-order valence-electron chi connectivity index (χ4n) is 2.28. The summed E-state index contributed by atoms with van der Waals surface area (Å²) in [6.45, 7) is -0.471. The molecule has 1 aromatic rings. The van der Waals surface area contributed by atoms with Crippen LogP contribution in [0.25, 0.3) is 0 Å². The maximum absolute atomic E-state index is 12.6. The Morgan fingerprint density at radius 3 is 2.56 bits per heavy atom. The van der Waals surface area contributed by atoms with E-state index in [0.717, 1.165) is 18.2 Å². The van der Waals surface area contributed by atoms with Gasteiger partial charge >= 0.3 is 12.2 Å². The second-order valence-electron chi connectivity index (χ2n) is 5.55. The number of halogens is 3. The quantitative estimate of drug-likeness (QED) is 0.729. The molecular formula is C14H16F3N3O4S. The molecule has 0 aliphatic carbocycles. The number of hydrogen-bond acceptors (Lipinski definition) is 4. The van der Waals surface area contributed by atoms with E-state index in [1.165, 1.54) is 6.07 Å². The number of sulfone groups is 1. The van der Waals surface area contributed by atoms with E-state index in [0.29, 0.717) is 6.42 Å². The van der Waals surface area contributed by atoms with Crippen molar-refractivity contribution < 1.29 is 31.2 Å². The minimum atomic E-state index is -4.53. The number of rotatable bonds is 4. The van der Waals surface area contributed by atoms with Gasteiger partial charge in [-0.25, -0.2) is 13.2 Å². The van der Waals surface area contributed by atoms with Crippen molar-refractivity contribution in [1.82, 2.24) is 10.6 Å². The van der Waals surface area contributed by atoms with Gasteiger partial charge in [0.2, 0.25) is 5.91 Å². The summed E-state index contributed by atoms with van der Waals surface area (Å²) in [5, 5.41) is 6.89. The number of amides is 3. The minimum Gasteiger partial charge on any atom is -0.334 e. The van der Waals surface area contributed by atoms with Gasteiger partial charge in [0, 0.05) is 11.7 Å². The normalized spacial score (nSPS) is 19.2. The van der Waals surface area contributed by atoms with Gasteiger partial charge in [-0.15, -0.1) is 0 Å². The third-order valence-electron chi connectivity index (χ3n) is 3.45. The van der Waals surface area contributed by atoms with Gasteiger partial charge in [-0.2, -0.15) is 13.2 Å². The van der Waals surface area contributed by atoms with Crippen LogP contribution in [0.4, 0.5) is 23.7 Å². The van der Waals surface area contributed by atoms with Gasteiger partial charge in [0.05, 0.1) is 23.6 Å². The highest BCUT2D eigenvalue weighted by atomic mass is 32.2. The number of anilines is 1. The molecule has 0 saturated carbocycles. The SMILES string of the molecule is O=C(CNC(=O)N[C@@H]1CCS(=O)(=O)C1)Nc1cccc(C(F)(F)F)c1. The van der Waals surface area contributed by atoms with Crippen molar-refractivity contribution >= 4 is 27.5 Å². The van der Waals surface area contributed by atoms with E-state index in [9.17, 15) is 31.2 Å². The van der Waals surface area contributed by atoms with Crippen molar-refractivity contribution in [2.75, 3.05) is 23.4 Å². The Bertz CT molecular complexity index is 765. The fourth-order valence-corrected chi connectivity index (χ4v) is 3.96. The molecule has 0 bridgehead atoms. The Hall–Kier alpha value is -2.30. The summed E-state index contributed by atoms with van der Waals surface area (Å²) < 4.78 is 60.3. The zero-order chi connectivity index (χ0) is 18.7. The van der Waals surface area contributed by atoms with E-state index >= 15 is 0 Å². The predicted molar refractivity (Wildman–Crippen MR) is 83.7 cm³/mol. The lowest BCUT2D eigenvalue weighted by molar-refractivity contribution is -0.137. The Morgan fingerprint density at radius 2 is 1.96 bits per heavy atom. The average Bonchev–Trinajstić information content (AvgIpc) is 2.83. The lowest BCUT2D eigenvalue weighted by atomic mass is 10.2. The maximum Gasteiger partial charge on any atom is 0.416 e. The second kappa shape index (κ2) is 7.30. The molecular weight excluding hydrogens is 363 g/mol. The highest BCUT2D eigenvalue weighted by Crippen LogP contribution is 2.30. The smallest absolute Gasteiger partial charge is 0.334 e. The van der Waals surface area contributed by atoms with Gasteiger partial charge in [0.15, 0.2) is 9.84 Å². The van der Waals surface area contributed by atoms with Crippen LogP contribution in [0.1, 0.15) is 12.0 Å². The molecule has 1 saturated heterocycles. The lowest BCUT2D eigenvalue weighted by Crippen LogP contribution is -2.45. The molecule has 1 atom stereocenters. The van der Waals surface area contributed by atoms with Crippen molar-refractivity contribution in [3.8, 4) is 0 Å². The van der Waals surface area contributed by atoms with E-state index in [1.54, 1.807) is 0 Å². The number of nitrogens with one attached hydrogen (secondary N) is 3. The first-order valence-electron chi connectivity index (χ1n) is 7.27. The first-order valence-corrected chi connectivity index (χ1v) is 9.09. The Balaban J connectivity index is 1.80. The third-order valence-corrected chi connectivity index (χ3v) is 5.22. The molecule has 1 fully saturated rings. The first-order chi connectivity index (χ1) is 11.5. The fraction of sp³-hybridized carbons (Fsp3) is 0.429. The second-order valence-corrected chi connectivity index (χ2v) is 7.78. The van der Waals surface area contributed by atoms with E-state index in [2.05, 4.69) is 16.0 Å². The summed E-state index contributed by atoms with van der Waals surface area (Å²) in [5.41, 5.74) is -0.956. The van der Waals surface area contributed by atoms with Crippen LogP contribution in [0.15, 0.2) is 24.3 Å². The number of carbonyl (C=O) groups excluding carboxylic acids is 2. The molecule has 1 heterocycles. The maximum atomic E-state index is 12.6. The molecule has 7 nitrogen and oxygen atoms in total. The van der Waals surface area contributed by atoms with Crippen LogP contribution in [0, 0.1) is 0 Å². The van der Waals surface area contributed by atoms with Crippen molar-refractivity contribution in [3.63, 3.8) is 0 Å². The number of carbonyl (C=O) groups is 2. The molecule has 1 aliphatic rings. The van der Waals surface area contributed by atoms with Crippen LogP contribution in [0.5, 0.6) is 0 Å². The summed E-state index contributed by atoms with van der Waals surface area (Å²) in [4.78, 5) is 23.3. The molecule has 1 aliphatic heterocycles. The molecule has 2 rings (SSSR count). The first kappa shape index (κ1) is 19.0. The summed E-state index contributed by atoms with van der Waals surface area (Å²) in [5.74, 6) is -0.876. The van der Waals surface area contributed by atoms with Gasteiger partial charge in [-0.1, -0.05) is 6.07 Å². The van der Waals surface area contributed by atoms with E-state index < -0.39 is 46.1 Å². The highest BCUT2D eigenvalue weighted by molar-refractivity contribution is 7.91. The van der Waals surface area contributed by atoms with E-state index in [-0.39, 0.29) is 17.2 Å². The van der Waals surface area contributed by atoms with Gasteiger partial charge in [0.25, 0.3) is 0 Å². The van der Waals surface area contributed by atoms with Crippen LogP contribution in [0.2, 0.25) is 0 Å². The molecule has 3 N–H and O–H groups in total. The van der Waals surface area contributed by atoms with Crippen LogP contribution in [-0.4, -0.2) is 44.4 Å². The standard InChI is InChI=1S/C14H16F3N3O4S/c15-14(16,17)9-2-1-3-10(6-9)19-12(21)7-18-13(22)20-11-4-5-25(23,24)8-11/h1-3,6,11H,4-5,7-8H2,(H,19,21)(H2,18,20,22)/t11-/m1/s1. The largest absolute Gasteiger partial charge is 0.416 e. The summed E-state index contributed by atoms with van der Waals surface area (Å²) >= 11 is 0. The van der Waals surface area contributed by atoms with Gasteiger partial charge < -0.3 is 16.0 Å². The Morgan fingerprint density at radius 1 is 1.24 bits per heavy atom. The highest BCUT2D eigenvalue weighted by Gasteiger charge is 2.30. The molecule has 0 unspecified atom stereocenters. The molecule has 25 heavy (non-hydrogen) atoms. The number of alkyl halides is 3. The predicted octanol–water partition coefficient (Wildman–Crippen LogP) is 1.13. The Labute approximate surface area is 141 Å². The van der Waals surface area contributed by atoms with Gasteiger partial charge in [0.1, 0.15) is 0 Å². The summed E-state index contributed by atoms with van der Waals surface area (Å²) in [6.07, 6.45) is -4.23. The number of urea groups is 1. The van der Waals surface area contributed by atoms with Gasteiger partial charge in [-0.3, -0.25) is 4.79 Å². The van der Waals surface area contributed by atoms with E-state index in [4.69, 9.17) is 0 Å². The topological polar surface area (TPSA) is 104 Å². The molecule has 1 aromatic carbocycles.